The van der Waals surface area contributed by atoms with Gasteiger partial charge >= 0.3 is 5.69 Å². The number of rotatable bonds is 8. The number of hydrogen-bond acceptors (Lipinski definition) is 9. The molecule has 2 fully saturated rings. The molecule has 0 saturated carbocycles. The number of imidazole rings is 1. The summed E-state index contributed by atoms with van der Waals surface area (Å²) in [6, 6.07) is 18.4. The number of nitrogens with two attached hydrogens (primary N) is 1. The van der Waals surface area contributed by atoms with Crippen molar-refractivity contribution in [1.82, 2.24) is 28.9 Å². The minimum atomic E-state index is -0.500. The summed E-state index contributed by atoms with van der Waals surface area (Å²) in [6.45, 7) is 7.38. The maximum absolute atomic E-state index is 14.0. The van der Waals surface area contributed by atoms with Gasteiger partial charge in [-0.1, -0.05) is 18.2 Å². The normalized spacial score (nSPS) is 17.8. The van der Waals surface area contributed by atoms with Crippen LogP contribution < -0.4 is 16.2 Å². The SMILES string of the molecule is CC(C)(C=C(C#N)C(=O)N1CCC[C@H]1Cn1c(=O)n(-c2ccc(Oc3ccccc3)cc2)c2c(N)ncnc21)N1CCOCC1. The summed E-state index contributed by atoms with van der Waals surface area (Å²) < 4.78 is 14.4. The lowest BCUT2D eigenvalue weighted by atomic mass is 9.97. The highest BCUT2D eigenvalue weighted by molar-refractivity contribution is 5.97. The number of nitriles is 1. The fourth-order valence-corrected chi connectivity index (χ4v) is 6.18. The lowest BCUT2D eigenvalue weighted by molar-refractivity contribution is -0.127. The molecule has 45 heavy (non-hydrogen) atoms. The largest absolute Gasteiger partial charge is 0.457 e. The number of morpholine rings is 1. The van der Waals surface area contributed by atoms with E-state index in [9.17, 15) is 14.9 Å². The van der Waals surface area contributed by atoms with Gasteiger partial charge in [-0.3, -0.25) is 18.8 Å². The van der Waals surface area contributed by atoms with Crippen LogP contribution in [0.25, 0.3) is 16.9 Å². The number of nitrogens with zero attached hydrogens (tertiary/aromatic N) is 7. The molecule has 6 rings (SSSR count). The first kappa shape index (κ1) is 30.1. The number of aromatic nitrogens is 4. The molecule has 12 nitrogen and oxygen atoms in total. The molecule has 4 heterocycles. The molecule has 2 aromatic heterocycles. The van der Waals surface area contributed by atoms with Gasteiger partial charge in [0.25, 0.3) is 5.91 Å². The number of amides is 1. The van der Waals surface area contributed by atoms with Gasteiger partial charge in [0.05, 0.1) is 24.9 Å². The Balaban J connectivity index is 1.29. The highest BCUT2D eigenvalue weighted by Gasteiger charge is 2.35. The smallest absolute Gasteiger partial charge is 0.335 e. The van der Waals surface area contributed by atoms with E-state index in [1.54, 1.807) is 39.8 Å². The van der Waals surface area contributed by atoms with Crippen LogP contribution in [0.5, 0.6) is 11.5 Å². The third-order valence-corrected chi connectivity index (χ3v) is 8.51. The summed E-state index contributed by atoms with van der Waals surface area (Å²) in [5.74, 6) is 1.15. The van der Waals surface area contributed by atoms with E-state index < -0.39 is 5.54 Å². The van der Waals surface area contributed by atoms with Gasteiger partial charge in [0, 0.05) is 31.7 Å². The van der Waals surface area contributed by atoms with Gasteiger partial charge in [0.15, 0.2) is 11.5 Å². The summed E-state index contributed by atoms with van der Waals surface area (Å²) in [5, 5.41) is 10.0. The quantitative estimate of drug-likeness (QED) is 0.235. The van der Waals surface area contributed by atoms with Gasteiger partial charge in [-0.2, -0.15) is 5.26 Å². The van der Waals surface area contributed by atoms with Crippen molar-refractivity contribution in [3.8, 4) is 23.3 Å². The molecular formula is C33H36N8O4. The molecule has 2 aromatic carbocycles. The standard InChI is InChI=1S/C33H36N8O4/c1-33(2,38-15-17-44-18-16-38)19-23(20-34)31(42)39-14-6-7-25(39)21-40-30-28(29(35)36-22-37-30)41(32(40)43)24-10-12-27(13-11-24)45-26-8-4-3-5-9-26/h3-5,8-13,19,22,25H,6-7,14-18,21H2,1-2H3,(H2,35,36,37)/t25-/m0/s1. The molecule has 2 aliphatic rings. The van der Waals surface area contributed by atoms with E-state index in [0.717, 1.165) is 19.5 Å². The number of benzene rings is 2. The number of nitrogen functional groups attached to an aromatic ring is 1. The fourth-order valence-electron chi connectivity index (χ4n) is 6.18. The molecular weight excluding hydrogens is 572 g/mol. The number of anilines is 1. The van der Waals surface area contributed by atoms with E-state index in [-0.39, 0.29) is 35.6 Å². The first-order chi connectivity index (χ1) is 21.8. The second kappa shape index (κ2) is 12.6. The number of fused-ring (bicyclic) bond motifs is 1. The highest BCUT2D eigenvalue weighted by atomic mass is 16.5. The molecule has 0 unspecified atom stereocenters. The van der Waals surface area contributed by atoms with Crippen LogP contribution in [0.3, 0.4) is 0 Å². The van der Waals surface area contributed by atoms with Gasteiger partial charge in [0.1, 0.15) is 35.0 Å². The van der Waals surface area contributed by atoms with Crippen LogP contribution in [0.2, 0.25) is 0 Å². The highest BCUT2D eigenvalue weighted by Crippen LogP contribution is 2.28. The van der Waals surface area contributed by atoms with E-state index in [0.29, 0.717) is 54.5 Å². The van der Waals surface area contributed by atoms with Crippen LogP contribution in [0, 0.1) is 11.3 Å². The topological polar surface area (TPSA) is 145 Å². The molecule has 2 N–H and O–H groups in total. The minimum Gasteiger partial charge on any atom is -0.457 e. The summed E-state index contributed by atoms with van der Waals surface area (Å²) in [7, 11) is 0. The van der Waals surface area contributed by atoms with Crippen molar-refractivity contribution in [3.63, 3.8) is 0 Å². The predicted molar refractivity (Wildman–Crippen MR) is 169 cm³/mol. The second-order valence-electron chi connectivity index (χ2n) is 11.8. The molecule has 2 aliphatic heterocycles. The third kappa shape index (κ3) is 6.05. The zero-order valence-electron chi connectivity index (χ0n) is 25.4. The maximum atomic E-state index is 14.0. The molecule has 0 radical (unpaired) electrons. The maximum Gasteiger partial charge on any atom is 0.335 e. The average Bonchev–Trinajstić information content (AvgIpc) is 3.64. The monoisotopic (exact) mass is 608 g/mol. The Kier molecular flexibility index (Phi) is 8.38. The van der Waals surface area contributed by atoms with Crippen LogP contribution in [0.15, 0.2) is 77.4 Å². The Morgan fingerprint density at radius 3 is 2.51 bits per heavy atom. The van der Waals surface area contributed by atoms with E-state index in [1.165, 1.54) is 10.9 Å². The second-order valence-corrected chi connectivity index (χ2v) is 11.8. The summed E-state index contributed by atoms with van der Waals surface area (Å²) in [6.07, 6.45) is 4.53. The van der Waals surface area contributed by atoms with Gasteiger partial charge in [-0.15, -0.1) is 0 Å². The summed E-state index contributed by atoms with van der Waals surface area (Å²) in [4.78, 5) is 40.3. The van der Waals surface area contributed by atoms with Crippen LogP contribution in [-0.4, -0.2) is 79.2 Å². The van der Waals surface area contributed by atoms with Crippen LogP contribution >= 0.6 is 0 Å². The fraction of sp³-hybridized carbons (Fsp3) is 0.364. The molecule has 1 amide bonds. The van der Waals surface area contributed by atoms with Crippen LogP contribution in [-0.2, 0) is 16.1 Å². The van der Waals surface area contributed by atoms with E-state index >= 15 is 0 Å². The van der Waals surface area contributed by atoms with Gasteiger partial charge in [-0.25, -0.2) is 14.8 Å². The first-order valence-corrected chi connectivity index (χ1v) is 15.1. The number of para-hydroxylation sites is 1. The van der Waals surface area contributed by atoms with Crippen molar-refractivity contribution in [2.45, 2.75) is 44.8 Å². The Labute approximate surface area is 260 Å². The van der Waals surface area contributed by atoms with Crippen molar-refractivity contribution < 1.29 is 14.3 Å². The van der Waals surface area contributed by atoms with Crippen molar-refractivity contribution in [1.29, 1.82) is 5.26 Å². The molecule has 0 aliphatic carbocycles. The van der Waals surface area contributed by atoms with Crippen LogP contribution in [0.1, 0.15) is 26.7 Å². The molecule has 0 spiro atoms. The molecule has 2 saturated heterocycles. The summed E-state index contributed by atoms with van der Waals surface area (Å²) >= 11 is 0. The molecule has 4 aromatic rings. The molecule has 1 atom stereocenters. The van der Waals surface area contributed by atoms with Crippen molar-refractivity contribution in [2.24, 2.45) is 0 Å². The Bertz CT molecular complexity index is 1820. The Morgan fingerprint density at radius 1 is 1.09 bits per heavy atom. The zero-order valence-corrected chi connectivity index (χ0v) is 25.4. The first-order valence-electron chi connectivity index (χ1n) is 15.1. The Hall–Kier alpha value is -4.99. The van der Waals surface area contributed by atoms with Crippen LogP contribution in [0.4, 0.5) is 5.82 Å². The molecule has 232 valence electrons. The predicted octanol–water partition coefficient (Wildman–Crippen LogP) is 3.51. The molecule has 12 heteroatoms. The van der Waals surface area contributed by atoms with Crippen molar-refractivity contribution in [2.75, 3.05) is 38.6 Å². The van der Waals surface area contributed by atoms with E-state index in [1.807, 2.05) is 44.2 Å². The van der Waals surface area contributed by atoms with Gasteiger partial charge < -0.3 is 20.1 Å². The lowest BCUT2D eigenvalue weighted by Crippen LogP contribution is -2.49. The lowest BCUT2D eigenvalue weighted by Gasteiger charge is -2.39. The summed E-state index contributed by atoms with van der Waals surface area (Å²) in [5.41, 5.74) is 6.89. The van der Waals surface area contributed by atoms with E-state index in [2.05, 4.69) is 20.9 Å². The van der Waals surface area contributed by atoms with Gasteiger partial charge in [-0.05, 0) is 69.2 Å². The zero-order chi connectivity index (χ0) is 31.6. The third-order valence-electron chi connectivity index (χ3n) is 8.51. The van der Waals surface area contributed by atoms with Crippen molar-refractivity contribution >= 4 is 22.9 Å². The minimum absolute atomic E-state index is 0.0950. The number of carbonyl (C=O) groups excluding carboxylic acids is 1. The number of carbonyl (C=O) groups is 1. The molecule has 0 bridgehead atoms. The number of likely N-dealkylation sites (tertiary alicyclic amines) is 1. The van der Waals surface area contributed by atoms with Gasteiger partial charge in [0.2, 0.25) is 0 Å². The number of hydrogen-bond donors (Lipinski definition) is 1. The average molecular weight is 609 g/mol. The van der Waals surface area contributed by atoms with E-state index in [4.69, 9.17) is 15.2 Å². The Morgan fingerprint density at radius 2 is 1.80 bits per heavy atom. The van der Waals surface area contributed by atoms with Crippen molar-refractivity contribution in [3.05, 3.63) is 83.1 Å². The number of ether oxygens (including phenoxy) is 2.